The first-order valence-corrected chi connectivity index (χ1v) is 5.66. The number of carbonyl (C=O) groups excluding carboxylic acids is 1. The summed E-state index contributed by atoms with van der Waals surface area (Å²) in [6.07, 6.45) is 0.871. The topological polar surface area (TPSA) is 32.3 Å². The third-order valence-corrected chi connectivity index (χ3v) is 3.25. The maximum absolute atomic E-state index is 12.0. The highest BCUT2D eigenvalue weighted by molar-refractivity contribution is 5.96. The predicted molar refractivity (Wildman–Crippen MR) is 65.6 cm³/mol. The molecule has 2 rings (SSSR count). The SMILES string of the molecule is CC1CC(N(C)C)C(=O)Nc2ccccc21. The number of benzene rings is 1. The average Bonchev–Trinajstić information content (AvgIpc) is 2.37. The van der Waals surface area contributed by atoms with Crippen LogP contribution in [0.4, 0.5) is 5.69 Å². The van der Waals surface area contributed by atoms with Gasteiger partial charge < -0.3 is 5.32 Å². The second kappa shape index (κ2) is 4.26. The Hall–Kier alpha value is -1.35. The molecule has 0 saturated carbocycles. The number of rotatable bonds is 1. The summed E-state index contributed by atoms with van der Waals surface area (Å²) in [6.45, 7) is 2.18. The van der Waals surface area contributed by atoms with Crippen molar-refractivity contribution in [3.05, 3.63) is 29.8 Å². The Kier molecular flexibility index (Phi) is 2.97. The molecule has 1 aliphatic heterocycles. The van der Waals surface area contributed by atoms with Gasteiger partial charge in [0, 0.05) is 5.69 Å². The summed E-state index contributed by atoms with van der Waals surface area (Å²) in [7, 11) is 3.90. The van der Waals surface area contributed by atoms with E-state index < -0.39 is 0 Å². The van der Waals surface area contributed by atoms with Crippen LogP contribution in [0.15, 0.2) is 24.3 Å². The standard InChI is InChI=1S/C13H18N2O/c1-9-8-12(15(2)3)13(16)14-11-7-5-4-6-10(9)11/h4-7,9,12H,8H2,1-3H3,(H,14,16). The van der Waals surface area contributed by atoms with Gasteiger partial charge in [-0.2, -0.15) is 0 Å². The Labute approximate surface area is 96.5 Å². The van der Waals surface area contributed by atoms with E-state index in [1.807, 2.05) is 37.2 Å². The quantitative estimate of drug-likeness (QED) is 0.782. The molecule has 0 fully saturated rings. The zero-order valence-electron chi connectivity index (χ0n) is 10.0. The van der Waals surface area contributed by atoms with Gasteiger partial charge in [-0.3, -0.25) is 9.69 Å². The Morgan fingerprint density at radius 2 is 2.00 bits per heavy atom. The Balaban J connectivity index is 2.36. The second-order valence-electron chi connectivity index (χ2n) is 4.69. The van der Waals surface area contributed by atoms with Crippen LogP contribution in [-0.4, -0.2) is 30.9 Å². The monoisotopic (exact) mass is 218 g/mol. The normalized spacial score (nSPS) is 24.9. The molecule has 16 heavy (non-hydrogen) atoms. The number of anilines is 1. The number of nitrogens with one attached hydrogen (secondary N) is 1. The van der Waals surface area contributed by atoms with Gasteiger partial charge in [0.25, 0.3) is 0 Å². The Morgan fingerprint density at radius 3 is 2.69 bits per heavy atom. The lowest BCUT2D eigenvalue weighted by Gasteiger charge is -2.22. The van der Waals surface area contributed by atoms with Crippen molar-refractivity contribution in [3.63, 3.8) is 0 Å². The largest absolute Gasteiger partial charge is 0.324 e. The minimum atomic E-state index is -0.0394. The van der Waals surface area contributed by atoms with Gasteiger partial charge in [0.1, 0.15) is 0 Å². The van der Waals surface area contributed by atoms with Gasteiger partial charge in [-0.1, -0.05) is 25.1 Å². The fraction of sp³-hybridized carbons (Fsp3) is 0.462. The van der Waals surface area contributed by atoms with Crippen LogP contribution >= 0.6 is 0 Å². The third kappa shape index (κ3) is 1.95. The van der Waals surface area contributed by atoms with Gasteiger partial charge in [-0.25, -0.2) is 0 Å². The van der Waals surface area contributed by atoms with E-state index in [4.69, 9.17) is 0 Å². The van der Waals surface area contributed by atoms with Crippen molar-refractivity contribution in [3.8, 4) is 0 Å². The fourth-order valence-electron chi connectivity index (χ4n) is 2.27. The van der Waals surface area contributed by atoms with Crippen LogP contribution in [0.5, 0.6) is 0 Å². The van der Waals surface area contributed by atoms with Crippen LogP contribution in [0.1, 0.15) is 24.8 Å². The molecular formula is C13H18N2O. The van der Waals surface area contributed by atoms with Crippen molar-refractivity contribution in [2.45, 2.75) is 25.3 Å². The number of para-hydroxylation sites is 1. The zero-order valence-corrected chi connectivity index (χ0v) is 10.0. The summed E-state index contributed by atoms with van der Waals surface area (Å²) >= 11 is 0. The second-order valence-corrected chi connectivity index (χ2v) is 4.69. The molecule has 2 unspecified atom stereocenters. The van der Waals surface area contributed by atoms with Crippen LogP contribution in [0, 0.1) is 0 Å². The lowest BCUT2D eigenvalue weighted by atomic mass is 9.94. The average molecular weight is 218 g/mol. The number of carbonyl (C=O) groups is 1. The summed E-state index contributed by atoms with van der Waals surface area (Å²) in [6, 6.07) is 8.02. The molecule has 3 nitrogen and oxygen atoms in total. The molecule has 1 aromatic rings. The summed E-state index contributed by atoms with van der Waals surface area (Å²) in [4.78, 5) is 14.0. The number of likely N-dealkylation sites (N-methyl/N-ethyl adjacent to an activating group) is 1. The fourth-order valence-corrected chi connectivity index (χ4v) is 2.27. The highest BCUT2D eigenvalue weighted by Gasteiger charge is 2.28. The molecule has 1 N–H and O–H groups in total. The minimum Gasteiger partial charge on any atom is -0.324 e. The van der Waals surface area contributed by atoms with Crippen molar-refractivity contribution in [1.29, 1.82) is 0 Å². The first-order valence-electron chi connectivity index (χ1n) is 5.66. The van der Waals surface area contributed by atoms with E-state index >= 15 is 0 Å². The number of nitrogens with zero attached hydrogens (tertiary/aromatic N) is 1. The molecule has 1 amide bonds. The lowest BCUT2D eigenvalue weighted by Crippen LogP contribution is -2.39. The van der Waals surface area contributed by atoms with Gasteiger partial charge in [-0.05, 0) is 38.1 Å². The number of hydrogen-bond acceptors (Lipinski definition) is 2. The molecular weight excluding hydrogens is 200 g/mol. The van der Waals surface area contributed by atoms with Gasteiger partial charge in [0.15, 0.2) is 0 Å². The summed E-state index contributed by atoms with van der Waals surface area (Å²) in [5, 5.41) is 3.00. The van der Waals surface area contributed by atoms with Crippen LogP contribution in [0.2, 0.25) is 0 Å². The first-order chi connectivity index (χ1) is 7.59. The predicted octanol–water partition coefficient (Wildman–Crippen LogP) is 2.06. The van der Waals surface area contributed by atoms with E-state index in [-0.39, 0.29) is 11.9 Å². The van der Waals surface area contributed by atoms with Crippen LogP contribution in [-0.2, 0) is 4.79 Å². The van der Waals surface area contributed by atoms with Crippen molar-refractivity contribution in [2.24, 2.45) is 0 Å². The van der Waals surface area contributed by atoms with Crippen LogP contribution in [0.3, 0.4) is 0 Å². The molecule has 1 aliphatic rings. The molecule has 3 heteroatoms. The van der Waals surface area contributed by atoms with E-state index in [9.17, 15) is 4.79 Å². The van der Waals surface area contributed by atoms with E-state index in [0.717, 1.165) is 12.1 Å². The van der Waals surface area contributed by atoms with Gasteiger partial charge in [0.2, 0.25) is 5.91 Å². The lowest BCUT2D eigenvalue weighted by molar-refractivity contribution is -0.120. The highest BCUT2D eigenvalue weighted by Crippen LogP contribution is 2.31. The van der Waals surface area contributed by atoms with E-state index in [2.05, 4.69) is 18.3 Å². The number of amides is 1. The van der Waals surface area contributed by atoms with Crippen molar-refractivity contribution in [2.75, 3.05) is 19.4 Å². The third-order valence-electron chi connectivity index (χ3n) is 3.25. The molecule has 1 heterocycles. The molecule has 86 valence electrons. The molecule has 0 spiro atoms. The molecule has 0 aromatic heterocycles. The Bertz CT molecular complexity index is 401. The van der Waals surface area contributed by atoms with E-state index in [0.29, 0.717) is 5.92 Å². The van der Waals surface area contributed by atoms with Crippen molar-refractivity contribution < 1.29 is 4.79 Å². The van der Waals surface area contributed by atoms with E-state index in [1.165, 1.54) is 5.56 Å². The molecule has 1 aromatic carbocycles. The summed E-state index contributed by atoms with van der Waals surface area (Å²) in [5.41, 5.74) is 2.20. The molecule has 0 bridgehead atoms. The number of hydrogen-bond donors (Lipinski definition) is 1. The summed E-state index contributed by atoms with van der Waals surface area (Å²) in [5.74, 6) is 0.504. The maximum atomic E-state index is 12.0. The molecule has 0 radical (unpaired) electrons. The molecule has 2 atom stereocenters. The minimum absolute atomic E-state index is 0.0394. The van der Waals surface area contributed by atoms with E-state index in [1.54, 1.807) is 0 Å². The number of fused-ring (bicyclic) bond motifs is 1. The highest BCUT2D eigenvalue weighted by atomic mass is 16.2. The Morgan fingerprint density at radius 1 is 1.31 bits per heavy atom. The molecule has 0 saturated heterocycles. The van der Waals surface area contributed by atoms with Crippen LogP contribution < -0.4 is 5.32 Å². The van der Waals surface area contributed by atoms with Crippen LogP contribution in [0.25, 0.3) is 0 Å². The van der Waals surface area contributed by atoms with Gasteiger partial charge in [-0.15, -0.1) is 0 Å². The summed E-state index contributed by atoms with van der Waals surface area (Å²) < 4.78 is 0. The smallest absolute Gasteiger partial charge is 0.241 e. The van der Waals surface area contributed by atoms with Crippen molar-refractivity contribution in [1.82, 2.24) is 4.90 Å². The zero-order chi connectivity index (χ0) is 11.7. The molecule has 0 aliphatic carbocycles. The van der Waals surface area contributed by atoms with Gasteiger partial charge >= 0.3 is 0 Å². The maximum Gasteiger partial charge on any atom is 0.241 e. The van der Waals surface area contributed by atoms with Crippen molar-refractivity contribution >= 4 is 11.6 Å². The van der Waals surface area contributed by atoms with Gasteiger partial charge in [0.05, 0.1) is 6.04 Å². The first kappa shape index (κ1) is 11.1.